The molecule has 0 N–H and O–H groups in total. The molecule has 0 atom stereocenters. The molecule has 1 aliphatic rings. The number of imidazole rings is 1. The first-order valence-electron chi connectivity index (χ1n) is 13.9. The summed E-state index contributed by atoms with van der Waals surface area (Å²) >= 11 is 0. The smallest absolute Gasteiger partial charge is 0.254 e. The number of carbonyl (C=O) groups excluding carboxylic acids is 3. The number of hydrogen-bond acceptors (Lipinski definition) is 6. The van der Waals surface area contributed by atoms with Gasteiger partial charge in [0.1, 0.15) is 17.3 Å². The van der Waals surface area contributed by atoms with Crippen molar-refractivity contribution in [1.29, 1.82) is 0 Å². The van der Waals surface area contributed by atoms with Gasteiger partial charge in [0.2, 0.25) is 0 Å². The molecular formula is C34H29N3O5S. The van der Waals surface area contributed by atoms with E-state index in [1.807, 2.05) is 42.5 Å². The van der Waals surface area contributed by atoms with Crippen molar-refractivity contribution in [3.05, 3.63) is 119 Å². The van der Waals surface area contributed by atoms with E-state index in [9.17, 15) is 22.8 Å². The fraction of sp³-hybridized carbons (Fsp3) is 0.176. The molecule has 8 nitrogen and oxygen atoms in total. The van der Waals surface area contributed by atoms with Crippen LogP contribution in [-0.4, -0.2) is 52.6 Å². The van der Waals surface area contributed by atoms with Gasteiger partial charge in [-0.2, -0.15) is 0 Å². The minimum Gasteiger partial charge on any atom is -0.334 e. The van der Waals surface area contributed by atoms with E-state index in [-0.39, 0.29) is 33.4 Å². The Morgan fingerprint density at radius 1 is 0.860 bits per heavy atom. The van der Waals surface area contributed by atoms with Gasteiger partial charge in [0.25, 0.3) is 5.91 Å². The average molecular weight is 592 g/mol. The summed E-state index contributed by atoms with van der Waals surface area (Å²) in [7, 11) is -2.23. The van der Waals surface area contributed by atoms with Gasteiger partial charge in [-0.05, 0) is 52.6 Å². The number of fused-ring (bicyclic) bond motifs is 2. The molecule has 216 valence electrons. The summed E-state index contributed by atoms with van der Waals surface area (Å²) in [4.78, 5) is 45.8. The lowest BCUT2D eigenvalue weighted by Gasteiger charge is -2.29. The molecule has 0 fully saturated rings. The quantitative estimate of drug-likeness (QED) is 0.238. The lowest BCUT2D eigenvalue weighted by molar-refractivity contribution is 0.0735. The molecule has 6 rings (SSSR count). The summed E-state index contributed by atoms with van der Waals surface area (Å²) in [6, 6.07) is 24.7. The van der Waals surface area contributed by atoms with Crippen molar-refractivity contribution in [1.82, 2.24) is 14.5 Å². The maximum absolute atomic E-state index is 14.1. The lowest BCUT2D eigenvalue weighted by Crippen LogP contribution is -2.36. The van der Waals surface area contributed by atoms with Crippen LogP contribution in [0.25, 0.3) is 22.2 Å². The standard InChI is InChI=1S/C34H29N3O5S/c1-22(38)31-20-36(2)33(35-31)29-14-12-26(18-30(29)34(40)37-16-15-24-8-4-6-10-27(24)19-37)32(39)21-43(41,42)28-13-11-23-7-3-5-9-25(23)17-28/h3-14,17-18,20H,15-16,19,21H2,1-2H3. The summed E-state index contributed by atoms with van der Waals surface area (Å²) in [5.74, 6) is -1.49. The molecule has 1 aromatic heterocycles. The molecule has 43 heavy (non-hydrogen) atoms. The van der Waals surface area contributed by atoms with Gasteiger partial charge in [-0.1, -0.05) is 60.7 Å². The van der Waals surface area contributed by atoms with Gasteiger partial charge < -0.3 is 9.47 Å². The Balaban J connectivity index is 1.37. The van der Waals surface area contributed by atoms with Crippen LogP contribution in [-0.2, 0) is 29.9 Å². The highest BCUT2D eigenvalue weighted by atomic mass is 32.2. The Kier molecular flexibility index (Phi) is 7.27. The summed E-state index contributed by atoms with van der Waals surface area (Å²) in [6.07, 6.45) is 2.29. The molecule has 1 aliphatic heterocycles. The summed E-state index contributed by atoms with van der Waals surface area (Å²) in [6.45, 7) is 2.31. The number of hydrogen-bond donors (Lipinski definition) is 0. The first kappa shape index (κ1) is 28.2. The Bertz CT molecular complexity index is 2040. The molecule has 4 aromatic carbocycles. The number of benzene rings is 4. The van der Waals surface area contributed by atoms with Crippen LogP contribution in [0.1, 0.15) is 49.3 Å². The van der Waals surface area contributed by atoms with Crippen LogP contribution in [0.15, 0.2) is 96.0 Å². The monoisotopic (exact) mass is 591 g/mol. The van der Waals surface area contributed by atoms with Crippen molar-refractivity contribution in [3.63, 3.8) is 0 Å². The molecule has 0 unspecified atom stereocenters. The number of sulfone groups is 1. The second kappa shape index (κ2) is 11.1. The van der Waals surface area contributed by atoms with E-state index in [1.54, 1.807) is 40.9 Å². The van der Waals surface area contributed by atoms with E-state index in [0.717, 1.165) is 16.3 Å². The molecule has 9 heteroatoms. The first-order chi connectivity index (χ1) is 20.6. The van der Waals surface area contributed by atoms with Crippen molar-refractivity contribution in [2.45, 2.75) is 24.8 Å². The van der Waals surface area contributed by atoms with Crippen LogP contribution in [0.2, 0.25) is 0 Å². The van der Waals surface area contributed by atoms with Gasteiger partial charge in [-0.25, -0.2) is 13.4 Å². The van der Waals surface area contributed by atoms with Crippen molar-refractivity contribution in [2.75, 3.05) is 12.3 Å². The van der Waals surface area contributed by atoms with Gasteiger partial charge in [0.15, 0.2) is 21.4 Å². The van der Waals surface area contributed by atoms with Crippen LogP contribution in [0.3, 0.4) is 0 Å². The molecule has 1 amide bonds. The normalized spacial score (nSPS) is 13.1. The highest BCUT2D eigenvalue weighted by Gasteiger charge is 2.28. The molecular weight excluding hydrogens is 562 g/mol. The van der Waals surface area contributed by atoms with Gasteiger partial charge in [-0.3, -0.25) is 14.4 Å². The number of rotatable bonds is 7. The average Bonchev–Trinajstić information content (AvgIpc) is 3.41. The third-order valence-corrected chi connectivity index (χ3v) is 9.48. The SMILES string of the molecule is CC(=O)c1cn(C)c(-c2ccc(C(=O)CS(=O)(=O)c3ccc4ccccc4c3)cc2C(=O)N2CCc3ccccc3C2)n1. The number of ketones is 2. The zero-order valence-corrected chi connectivity index (χ0v) is 24.6. The van der Waals surface area contributed by atoms with Crippen LogP contribution < -0.4 is 0 Å². The molecule has 2 heterocycles. The van der Waals surface area contributed by atoms with Crippen molar-refractivity contribution in [3.8, 4) is 11.4 Å². The van der Waals surface area contributed by atoms with Gasteiger partial charge in [0, 0.05) is 44.4 Å². The van der Waals surface area contributed by atoms with Crippen LogP contribution in [0.5, 0.6) is 0 Å². The number of aromatic nitrogens is 2. The second-order valence-electron chi connectivity index (χ2n) is 10.8. The van der Waals surface area contributed by atoms with E-state index in [0.29, 0.717) is 30.9 Å². The number of Topliss-reactive ketones (excluding diaryl/α,β-unsaturated/α-hetero) is 2. The van der Waals surface area contributed by atoms with Crippen molar-refractivity contribution >= 4 is 38.1 Å². The number of aryl methyl sites for hydroxylation is 1. The van der Waals surface area contributed by atoms with E-state index in [2.05, 4.69) is 11.1 Å². The van der Waals surface area contributed by atoms with E-state index in [4.69, 9.17) is 0 Å². The minimum atomic E-state index is -3.96. The first-order valence-corrected chi connectivity index (χ1v) is 15.6. The minimum absolute atomic E-state index is 0.0595. The number of amides is 1. The Morgan fingerprint density at radius 3 is 2.33 bits per heavy atom. The Hall–Kier alpha value is -4.89. The van der Waals surface area contributed by atoms with Crippen LogP contribution in [0.4, 0.5) is 0 Å². The topological polar surface area (TPSA) is 106 Å². The molecule has 0 radical (unpaired) electrons. The largest absolute Gasteiger partial charge is 0.334 e. The fourth-order valence-corrected chi connectivity index (χ4v) is 6.78. The third kappa shape index (κ3) is 5.51. The molecule has 0 aliphatic carbocycles. The molecule has 0 saturated heterocycles. The lowest BCUT2D eigenvalue weighted by atomic mass is 9.97. The zero-order valence-electron chi connectivity index (χ0n) is 23.8. The van der Waals surface area contributed by atoms with E-state index in [1.165, 1.54) is 30.7 Å². The molecule has 5 aromatic rings. The zero-order chi connectivity index (χ0) is 30.3. The van der Waals surface area contributed by atoms with Crippen molar-refractivity contribution in [2.24, 2.45) is 7.05 Å². The summed E-state index contributed by atoms with van der Waals surface area (Å²) in [5, 5.41) is 1.66. The highest BCUT2D eigenvalue weighted by Crippen LogP contribution is 2.29. The number of carbonyl (C=O) groups is 3. The maximum Gasteiger partial charge on any atom is 0.254 e. The van der Waals surface area contributed by atoms with Crippen LogP contribution >= 0.6 is 0 Å². The van der Waals surface area contributed by atoms with Gasteiger partial charge in [-0.15, -0.1) is 0 Å². The molecule has 0 bridgehead atoms. The van der Waals surface area contributed by atoms with Gasteiger partial charge >= 0.3 is 0 Å². The summed E-state index contributed by atoms with van der Waals surface area (Å²) < 4.78 is 28.3. The Labute approximate surface area is 249 Å². The van der Waals surface area contributed by atoms with E-state index >= 15 is 0 Å². The highest BCUT2D eigenvalue weighted by molar-refractivity contribution is 7.92. The van der Waals surface area contributed by atoms with Crippen molar-refractivity contribution < 1.29 is 22.8 Å². The maximum atomic E-state index is 14.1. The molecule has 0 saturated carbocycles. The Morgan fingerprint density at radius 2 is 1.58 bits per heavy atom. The van der Waals surface area contributed by atoms with Crippen LogP contribution in [0, 0.1) is 0 Å². The predicted molar refractivity (Wildman–Crippen MR) is 164 cm³/mol. The predicted octanol–water partition coefficient (Wildman–Crippen LogP) is 5.30. The fourth-order valence-electron chi connectivity index (χ4n) is 5.52. The second-order valence-corrected chi connectivity index (χ2v) is 12.8. The summed E-state index contributed by atoms with van der Waals surface area (Å²) in [5.41, 5.74) is 3.27. The van der Waals surface area contributed by atoms with E-state index < -0.39 is 21.4 Å². The third-order valence-electron chi connectivity index (χ3n) is 7.87. The number of nitrogens with zero attached hydrogens (tertiary/aromatic N) is 3. The van der Waals surface area contributed by atoms with Gasteiger partial charge in [0.05, 0.1) is 10.5 Å². The molecule has 0 spiro atoms.